The summed E-state index contributed by atoms with van der Waals surface area (Å²) < 4.78 is 0. The van der Waals surface area contributed by atoms with E-state index in [2.05, 4.69) is 49.2 Å². The first-order valence-corrected chi connectivity index (χ1v) is 6.62. The first kappa shape index (κ1) is 13.3. The Hall–Kier alpha value is -2.09. The number of rotatable bonds is 4. The minimum absolute atomic E-state index is 0.268. The van der Waals surface area contributed by atoms with Crippen LogP contribution in [-0.2, 0) is 6.42 Å². The lowest BCUT2D eigenvalue weighted by molar-refractivity contribution is 0.872. The van der Waals surface area contributed by atoms with E-state index in [-0.39, 0.29) is 5.92 Å². The Morgan fingerprint density at radius 1 is 1.00 bits per heavy atom. The molecule has 0 heterocycles. The average molecular weight is 252 g/mol. The lowest BCUT2D eigenvalue weighted by Crippen LogP contribution is -2.18. The molecule has 0 aliphatic rings. The summed E-state index contributed by atoms with van der Waals surface area (Å²) in [6, 6.07) is 18.6. The minimum atomic E-state index is 0.268. The topological polar surface area (TPSA) is 38.4 Å². The summed E-state index contributed by atoms with van der Waals surface area (Å²) in [5.74, 6) is 0.949. The molecule has 0 spiro atoms. The Kier molecular flexibility index (Phi) is 4.35. The number of hydrogen-bond acceptors (Lipinski definition) is 1. The highest BCUT2D eigenvalue weighted by Crippen LogP contribution is 2.22. The third-order valence-corrected chi connectivity index (χ3v) is 3.07. The Balaban J connectivity index is 2.29. The second-order valence-corrected chi connectivity index (χ2v) is 4.98. The van der Waals surface area contributed by atoms with Crippen molar-refractivity contribution < 1.29 is 0 Å². The molecule has 98 valence electrons. The number of nitrogens with zero attached hydrogens (tertiary/aromatic N) is 1. The predicted octanol–water partition coefficient (Wildman–Crippen LogP) is 3.92. The molecule has 2 heteroatoms. The third-order valence-electron chi connectivity index (χ3n) is 3.07. The fourth-order valence-corrected chi connectivity index (χ4v) is 1.85. The molecule has 0 bridgehead atoms. The van der Waals surface area contributed by atoms with Gasteiger partial charge in [-0.3, -0.25) is 0 Å². The molecule has 0 fully saturated rings. The van der Waals surface area contributed by atoms with Gasteiger partial charge in [0.1, 0.15) is 5.84 Å². The van der Waals surface area contributed by atoms with Gasteiger partial charge in [0.05, 0.1) is 5.69 Å². The van der Waals surface area contributed by atoms with Gasteiger partial charge in [0, 0.05) is 5.92 Å². The van der Waals surface area contributed by atoms with Crippen LogP contribution in [0.2, 0.25) is 0 Å². The highest BCUT2D eigenvalue weighted by Gasteiger charge is 2.04. The highest BCUT2D eigenvalue weighted by atomic mass is 14.9. The molecular weight excluding hydrogens is 232 g/mol. The molecule has 2 N–H and O–H groups in total. The van der Waals surface area contributed by atoms with Crippen LogP contribution >= 0.6 is 0 Å². The fraction of sp³-hybridized carbons (Fsp3) is 0.235. The van der Waals surface area contributed by atoms with Crippen molar-refractivity contribution in [3.8, 4) is 0 Å². The maximum absolute atomic E-state index is 5.96. The number of benzene rings is 2. The van der Waals surface area contributed by atoms with Crippen LogP contribution in [0.5, 0.6) is 0 Å². The summed E-state index contributed by atoms with van der Waals surface area (Å²) in [4.78, 5) is 4.55. The van der Waals surface area contributed by atoms with Crippen molar-refractivity contribution in [2.75, 3.05) is 0 Å². The quantitative estimate of drug-likeness (QED) is 0.650. The molecule has 0 saturated carbocycles. The molecule has 0 saturated heterocycles. The van der Waals surface area contributed by atoms with E-state index in [1.807, 2.05) is 24.3 Å². The number of amidine groups is 1. The second-order valence-electron chi connectivity index (χ2n) is 4.98. The normalized spacial score (nSPS) is 11.8. The molecule has 2 rings (SSSR count). The maximum Gasteiger partial charge on any atom is 0.102 e. The van der Waals surface area contributed by atoms with Gasteiger partial charge in [-0.05, 0) is 23.6 Å². The molecule has 0 unspecified atom stereocenters. The van der Waals surface area contributed by atoms with Gasteiger partial charge in [-0.15, -0.1) is 0 Å². The molecule has 0 amide bonds. The van der Waals surface area contributed by atoms with Gasteiger partial charge in [0.25, 0.3) is 0 Å². The van der Waals surface area contributed by atoms with Gasteiger partial charge >= 0.3 is 0 Å². The molecular formula is C17H20N2. The zero-order chi connectivity index (χ0) is 13.7. The zero-order valence-electron chi connectivity index (χ0n) is 11.5. The van der Waals surface area contributed by atoms with Crippen molar-refractivity contribution in [2.45, 2.75) is 20.3 Å². The number of aliphatic imine (C=N–C) groups is 1. The van der Waals surface area contributed by atoms with Crippen molar-refractivity contribution in [3.63, 3.8) is 0 Å². The van der Waals surface area contributed by atoms with Crippen LogP contribution in [0.3, 0.4) is 0 Å². The SMILES string of the molecule is CC(C)C(N)=Nc1ccccc1Cc1ccccc1. The van der Waals surface area contributed by atoms with Crippen molar-refractivity contribution in [3.05, 3.63) is 65.7 Å². The van der Waals surface area contributed by atoms with Crippen LogP contribution < -0.4 is 5.73 Å². The summed E-state index contributed by atoms with van der Waals surface area (Å²) >= 11 is 0. The molecule has 0 radical (unpaired) electrons. The maximum atomic E-state index is 5.96. The van der Waals surface area contributed by atoms with Crippen molar-refractivity contribution >= 4 is 11.5 Å². The van der Waals surface area contributed by atoms with E-state index in [0.29, 0.717) is 5.84 Å². The summed E-state index contributed by atoms with van der Waals surface area (Å²) in [5, 5.41) is 0. The molecule has 0 aliphatic carbocycles. The Morgan fingerprint density at radius 2 is 1.63 bits per heavy atom. The van der Waals surface area contributed by atoms with Crippen LogP contribution in [0.15, 0.2) is 59.6 Å². The van der Waals surface area contributed by atoms with Crippen LogP contribution in [0.25, 0.3) is 0 Å². The Labute approximate surface area is 115 Å². The van der Waals surface area contributed by atoms with E-state index in [1.54, 1.807) is 0 Å². The van der Waals surface area contributed by atoms with E-state index < -0.39 is 0 Å². The Bertz CT molecular complexity index is 556. The summed E-state index contributed by atoms with van der Waals surface area (Å²) in [6.07, 6.45) is 0.881. The summed E-state index contributed by atoms with van der Waals surface area (Å²) in [6.45, 7) is 4.11. The first-order chi connectivity index (χ1) is 9.16. The summed E-state index contributed by atoms with van der Waals surface area (Å²) in [5.41, 5.74) is 9.42. The number of nitrogens with two attached hydrogens (primary N) is 1. The standard InChI is InChI=1S/C17H20N2/c1-13(2)17(18)19-16-11-7-6-10-15(16)12-14-8-4-3-5-9-14/h3-11,13H,12H2,1-2H3,(H2,18,19). The van der Waals surface area contributed by atoms with Gasteiger partial charge in [0.2, 0.25) is 0 Å². The average Bonchev–Trinajstić information content (AvgIpc) is 2.42. The van der Waals surface area contributed by atoms with Crippen molar-refractivity contribution in [1.82, 2.24) is 0 Å². The predicted molar refractivity (Wildman–Crippen MR) is 81.8 cm³/mol. The van der Waals surface area contributed by atoms with E-state index in [0.717, 1.165) is 12.1 Å². The lowest BCUT2D eigenvalue weighted by atomic mass is 10.0. The van der Waals surface area contributed by atoms with Crippen LogP contribution in [0.1, 0.15) is 25.0 Å². The van der Waals surface area contributed by atoms with E-state index in [9.17, 15) is 0 Å². The van der Waals surface area contributed by atoms with Crippen molar-refractivity contribution in [1.29, 1.82) is 0 Å². The Morgan fingerprint density at radius 3 is 2.32 bits per heavy atom. The van der Waals surface area contributed by atoms with Gasteiger partial charge in [-0.25, -0.2) is 4.99 Å². The van der Waals surface area contributed by atoms with Gasteiger partial charge < -0.3 is 5.73 Å². The van der Waals surface area contributed by atoms with Crippen LogP contribution in [-0.4, -0.2) is 5.84 Å². The van der Waals surface area contributed by atoms with Gasteiger partial charge in [-0.1, -0.05) is 62.4 Å². The molecule has 0 aliphatic heterocycles. The third kappa shape index (κ3) is 3.68. The highest BCUT2D eigenvalue weighted by molar-refractivity contribution is 5.85. The van der Waals surface area contributed by atoms with Gasteiger partial charge in [0.15, 0.2) is 0 Å². The lowest BCUT2D eigenvalue weighted by Gasteiger charge is -2.08. The molecule has 2 nitrogen and oxygen atoms in total. The van der Waals surface area contributed by atoms with E-state index in [1.165, 1.54) is 11.1 Å². The van der Waals surface area contributed by atoms with Gasteiger partial charge in [-0.2, -0.15) is 0 Å². The summed E-state index contributed by atoms with van der Waals surface area (Å²) in [7, 11) is 0. The second kappa shape index (κ2) is 6.19. The number of hydrogen-bond donors (Lipinski definition) is 1. The van der Waals surface area contributed by atoms with Crippen LogP contribution in [0, 0.1) is 5.92 Å². The molecule has 2 aromatic rings. The molecule has 0 aromatic heterocycles. The van der Waals surface area contributed by atoms with Crippen molar-refractivity contribution in [2.24, 2.45) is 16.6 Å². The minimum Gasteiger partial charge on any atom is -0.387 e. The molecule has 2 aromatic carbocycles. The fourth-order valence-electron chi connectivity index (χ4n) is 1.85. The smallest absolute Gasteiger partial charge is 0.102 e. The first-order valence-electron chi connectivity index (χ1n) is 6.62. The monoisotopic (exact) mass is 252 g/mol. The number of para-hydroxylation sites is 1. The van der Waals surface area contributed by atoms with E-state index >= 15 is 0 Å². The van der Waals surface area contributed by atoms with E-state index in [4.69, 9.17) is 5.73 Å². The zero-order valence-corrected chi connectivity index (χ0v) is 11.5. The molecule has 0 atom stereocenters. The molecule has 19 heavy (non-hydrogen) atoms. The van der Waals surface area contributed by atoms with Crippen LogP contribution in [0.4, 0.5) is 5.69 Å². The largest absolute Gasteiger partial charge is 0.387 e.